The molecular formula is C19H13ClN2OS2. The van der Waals surface area contributed by atoms with E-state index in [1.165, 1.54) is 11.8 Å². The molecule has 0 atom stereocenters. The smallest absolute Gasteiger partial charge is 0.239 e. The molecule has 4 rings (SSSR count). The molecule has 3 nitrogen and oxygen atoms in total. The number of rotatable bonds is 3. The number of benzene rings is 2. The maximum absolute atomic E-state index is 6.38. The van der Waals surface area contributed by atoms with Crippen LogP contribution in [-0.2, 0) is 0 Å². The van der Waals surface area contributed by atoms with Crippen molar-refractivity contribution in [2.24, 2.45) is 0 Å². The van der Waals surface area contributed by atoms with Gasteiger partial charge in [0, 0.05) is 5.56 Å². The summed E-state index contributed by atoms with van der Waals surface area (Å²) in [7, 11) is 0. The van der Waals surface area contributed by atoms with Gasteiger partial charge in [0.1, 0.15) is 4.90 Å². The maximum atomic E-state index is 6.38. The first-order valence-electron chi connectivity index (χ1n) is 7.58. The van der Waals surface area contributed by atoms with E-state index in [0.29, 0.717) is 16.2 Å². The quantitative estimate of drug-likeness (QED) is 0.321. The zero-order valence-electron chi connectivity index (χ0n) is 13.3. The topological polar surface area (TPSA) is 35.0 Å². The van der Waals surface area contributed by atoms with Gasteiger partial charge in [-0.05, 0) is 11.8 Å². The fourth-order valence-corrected chi connectivity index (χ4v) is 4.18. The second kappa shape index (κ2) is 7.12. The predicted octanol–water partition coefficient (Wildman–Crippen LogP) is 5.86. The Morgan fingerprint density at radius 2 is 1.56 bits per heavy atom. The van der Waals surface area contributed by atoms with E-state index in [0.717, 1.165) is 26.7 Å². The number of fused-ring (bicyclic) bond motifs is 1. The van der Waals surface area contributed by atoms with Crippen molar-refractivity contribution < 1.29 is 4.74 Å². The first-order valence-corrected chi connectivity index (χ1v) is 10.0. The lowest BCUT2D eigenvalue weighted by Gasteiger charge is -2.23. The Morgan fingerprint density at radius 3 is 2.20 bits per heavy atom. The highest BCUT2D eigenvalue weighted by molar-refractivity contribution is 8.08. The first-order chi connectivity index (χ1) is 12.3. The molecule has 1 aliphatic heterocycles. The van der Waals surface area contributed by atoms with Crippen LogP contribution in [0.5, 0.6) is 5.88 Å². The van der Waals surface area contributed by atoms with Gasteiger partial charge in [0.25, 0.3) is 0 Å². The molecule has 25 heavy (non-hydrogen) atoms. The third kappa shape index (κ3) is 3.27. The van der Waals surface area contributed by atoms with Gasteiger partial charge in [0.05, 0.1) is 4.91 Å². The zero-order valence-corrected chi connectivity index (χ0v) is 15.7. The lowest BCUT2D eigenvalue weighted by Crippen LogP contribution is -2.07. The van der Waals surface area contributed by atoms with Crippen molar-refractivity contribution in [3.63, 3.8) is 0 Å². The fraction of sp³-hybridized carbons (Fsp3) is 0.0526. The van der Waals surface area contributed by atoms with Gasteiger partial charge in [-0.1, -0.05) is 95.8 Å². The van der Waals surface area contributed by atoms with E-state index < -0.39 is 0 Å². The molecule has 0 saturated carbocycles. The number of hydrogen-bond acceptors (Lipinski definition) is 5. The van der Waals surface area contributed by atoms with Crippen molar-refractivity contribution in [3.05, 3.63) is 76.9 Å². The van der Waals surface area contributed by atoms with Crippen LogP contribution in [0.15, 0.2) is 70.7 Å². The molecule has 2 heterocycles. The number of aromatic nitrogens is 2. The zero-order chi connectivity index (χ0) is 17.2. The van der Waals surface area contributed by atoms with E-state index in [4.69, 9.17) is 16.3 Å². The average Bonchev–Trinajstić information content (AvgIpc) is 2.68. The van der Waals surface area contributed by atoms with Crippen LogP contribution in [0.1, 0.15) is 11.1 Å². The number of thioether (sulfide) groups is 2. The van der Waals surface area contributed by atoms with Gasteiger partial charge >= 0.3 is 0 Å². The van der Waals surface area contributed by atoms with Crippen molar-refractivity contribution in [2.75, 3.05) is 6.26 Å². The SMILES string of the molecule is CSc1nc(Cl)c2c(n1)OC(c1ccccc1)=C(c1ccccc1)S2. The predicted molar refractivity (Wildman–Crippen MR) is 105 cm³/mol. The molecule has 0 amide bonds. The van der Waals surface area contributed by atoms with Crippen molar-refractivity contribution in [2.45, 2.75) is 10.1 Å². The Hall–Kier alpha value is -1.95. The van der Waals surface area contributed by atoms with Gasteiger partial charge in [-0.2, -0.15) is 4.98 Å². The Balaban J connectivity index is 1.89. The maximum Gasteiger partial charge on any atom is 0.239 e. The second-order valence-corrected chi connectivity index (χ2v) is 7.38. The highest BCUT2D eigenvalue weighted by Gasteiger charge is 2.27. The molecule has 0 fully saturated rings. The number of nitrogens with zero attached hydrogens (tertiary/aromatic N) is 2. The fourth-order valence-electron chi connectivity index (χ4n) is 2.48. The molecule has 0 spiro atoms. The molecule has 124 valence electrons. The van der Waals surface area contributed by atoms with Crippen molar-refractivity contribution in [3.8, 4) is 5.88 Å². The van der Waals surface area contributed by atoms with Crippen molar-refractivity contribution >= 4 is 45.8 Å². The van der Waals surface area contributed by atoms with E-state index in [1.807, 2.05) is 54.8 Å². The Labute approximate surface area is 159 Å². The molecule has 0 N–H and O–H groups in total. The minimum atomic E-state index is 0.417. The first kappa shape index (κ1) is 16.5. The minimum absolute atomic E-state index is 0.417. The number of halogens is 1. The summed E-state index contributed by atoms with van der Waals surface area (Å²) in [5.41, 5.74) is 2.07. The summed E-state index contributed by atoms with van der Waals surface area (Å²) >= 11 is 9.37. The molecule has 2 aromatic carbocycles. The van der Waals surface area contributed by atoms with Gasteiger partial charge < -0.3 is 4.74 Å². The molecule has 0 radical (unpaired) electrons. The molecule has 0 saturated heterocycles. The Morgan fingerprint density at radius 1 is 0.920 bits per heavy atom. The minimum Gasteiger partial charge on any atom is -0.436 e. The third-order valence-electron chi connectivity index (χ3n) is 3.64. The summed E-state index contributed by atoms with van der Waals surface area (Å²) in [4.78, 5) is 10.6. The van der Waals surface area contributed by atoms with Crippen LogP contribution in [0, 0.1) is 0 Å². The molecule has 0 aliphatic carbocycles. The molecule has 0 bridgehead atoms. The highest BCUT2D eigenvalue weighted by atomic mass is 35.5. The standard InChI is InChI=1S/C19H13ClN2OS2/c1-24-19-21-17(20)16-18(22-19)23-14(12-8-4-2-5-9-12)15(25-16)13-10-6-3-7-11-13/h2-11H,1H3. The van der Waals surface area contributed by atoms with Gasteiger partial charge in [-0.3, -0.25) is 0 Å². The summed E-state index contributed by atoms with van der Waals surface area (Å²) in [6.45, 7) is 0. The van der Waals surface area contributed by atoms with E-state index in [9.17, 15) is 0 Å². The summed E-state index contributed by atoms with van der Waals surface area (Å²) in [5, 5.41) is 1.01. The van der Waals surface area contributed by atoms with E-state index in [1.54, 1.807) is 11.8 Å². The Bertz CT molecular complexity index is 946. The highest BCUT2D eigenvalue weighted by Crippen LogP contribution is 2.50. The molecule has 1 aliphatic rings. The molecule has 3 aromatic rings. The van der Waals surface area contributed by atoms with E-state index in [2.05, 4.69) is 22.1 Å². The monoisotopic (exact) mass is 384 g/mol. The van der Waals surface area contributed by atoms with Crippen LogP contribution in [0.4, 0.5) is 0 Å². The van der Waals surface area contributed by atoms with Crippen LogP contribution < -0.4 is 4.74 Å². The average molecular weight is 385 g/mol. The summed E-state index contributed by atoms with van der Waals surface area (Å²) in [5.74, 6) is 1.29. The number of hydrogen-bond donors (Lipinski definition) is 0. The van der Waals surface area contributed by atoms with Crippen LogP contribution in [0.25, 0.3) is 10.7 Å². The molecular weight excluding hydrogens is 372 g/mol. The van der Waals surface area contributed by atoms with Crippen molar-refractivity contribution in [1.82, 2.24) is 9.97 Å². The summed E-state index contributed by atoms with van der Waals surface area (Å²) in [6.07, 6.45) is 1.91. The van der Waals surface area contributed by atoms with Gasteiger partial charge in [0.15, 0.2) is 16.1 Å². The largest absolute Gasteiger partial charge is 0.436 e. The lowest BCUT2D eigenvalue weighted by atomic mass is 10.1. The van der Waals surface area contributed by atoms with E-state index >= 15 is 0 Å². The van der Waals surface area contributed by atoms with E-state index in [-0.39, 0.29) is 0 Å². The third-order valence-corrected chi connectivity index (χ3v) is 5.77. The number of ether oxygens (including phenoxy) is 1. The molecule has 0 unspecified atom stereocenters. The normalized spacial score (nSPS) is 13.4. The molecule has 6 heteroatoms. The van der Waals surface area contributed by atoms with Gasteiger partial charge in [-0.25, -0.2) is 4.98 Å². The second-order valence-electron chi connectivity index (χ2n) is 5.23. The lowest BCUT2D eigenvalue weighted by molar-refractivity contribution is 0.470. The molecule has 1 aromatic heterocycles. The Kier molecular flexibility index (Phi) is 4.70. The van der Waals surface area contributed by atoms with Gasteiger partial charge in [-0.15, -0.1) is 0 Å². The van der Waals surface area contributed by atoms with Crippen LogP contribution in [0.2, 0.25) is 5.15 Å². The summed E-state index contributed by atoms with van der Waals surface area (Å²) in [6, 6.07) is 20.2. The van der Waals surface area contributed by atoms with Crippen molar-refractivity contribution in [1.29, 1.82) is 0 Å². The van der Waals surface area contributed by atoms with Crippen LogP contribution in [0.3, 0.4) is 0 Å². The van der Waals surface area contributed by atoms with Crippen LogP contribution in [-0.4, -0.2) is 16.2 Å². The van der Waals surface area contributed by atoms with Gasteiger partial charge in [0.2, 0.25) is 5.88 Å². The summed E-state index contributed by atoms with van der Waals surface area (Å²) < 4.78 is 6.22. The van der Waals surface area contributed by atoms with Crippen LogP contribution >= 0.6 is 35.1 Å².